The molecule has 0 spiro atoms. The normalized spacial score (nSPS) is 20.8. The van der Waals surface area contributed by atoms with E-state index in [0.717, 1.165) is 29.7 Å². The quantitative estimate of drug-likeness (QED) is 0.904. The predicted octanol–water partition coefficient (Wildman–Crippen LogP) is 3.08. The third-order valence-electron chi connectivity index (χ3n) is 4.76. The molecule has 0 radical (unpaired) electrons. The summed E-state index contributed by atoms with van der Waals surface area (Å²) in [4.78, 5) is 32.9. The number of carboxylic acid groups (broad SMARTS) is 1. The third kappa shape index (κ3) is 3.22. The van der Waals surface area contributed by atoms with Gasteiger partial charge in [-0.1, -0.05) is 12.8 Å². The van der Waals surface area contributed by atoms with Crippen molar-refractivity contribution in [3.8, 4) is 0 Å². The third-order valence-corrected chi connectivity index (χ3v) is 4.76. The molecule has 1 aliphatic carbocycles. The second-order valence-corrected chi connectivity index (χ2v) is 6.42. The van der Waals surface area contributed by atoms with Crippen molar-refractivity contribution in [1.29, 1.82) is 0 Å². The molecule has 0 aliphatic heterocycles. The van der Waals surface area contributed by atoms with Crippen molar-refractivity contribution >= 4 is 28.6 Å². The molecule has 1 aliphatic rings. The highest BCUT2D eigenvalue weighted by Gasteiger charge is 2.35. The molecule has 1 aromatic heterocycles. The number of aliphatic carboxylic acids is 1. The number of hydrogen-bond donors (Lipinski definition) is 2. The van der Waals surface area contributed by atoms with Crippen LogP contribution < -0.4 is 5.32 Å². The molecule has 2 atom stereocenters. The smallest absolute Gasteiger partial charge is 0.307 e. The van der Waals surface area contributed by atoms with Crippen molar-refractivity contribution in [3.05, 3.63) is 29.6 Å². The van der Waals surface area contributed by atoms with Crippen molar-refractivity contribution in [1.82, 2.24) is 9.97 Å². The second-order valence-electron chi connectivity index (χ2n) is 6.42. The first kappa shape index (κ1) is 16.4. The van der Waals surface area contributed by atoms with Gasteiger partial charge in [-0.3, -0.25) is 9.59 Å². The van der Waals surface area contributed by atoms with Gasteiger partial charge >= 0.3 is 5.97 Å². The van der Waals surface area contributed by atoms with E-state index in [4.69, 9.17) is 0 Å². The van der Waals surface area contributed by atoms with E-state index in [-0.39, 0.29) is 5.91 Å². The molecule has 2 aromatic rings. The molecule has 1 amide bonds. The standard InChI is InChI=1S/C18H21N3O3/c1-10-11(2)20-16-9-12(7-8-15(16)19-10)21-17(22)13-5-3-4-6-14(13)18(23)24/h7-9,13-14H,3-6H2,1-2H3,(H,21,22)(H,23,24). The molecule has 6 nitrogen and oxygen atoms in total. The molecule has 2 N–H and O–H groups in total. The van der Waals surface area contributed by atoms with Gasteiger partial charge in [-0.25, -0.2) is 9.97 Å². The van der Waals surface area contributed by atoms with E-state index >= 15 is 0 Å². The largest absolute Gasteiger partial charge is 0.481 e. The first-order chi connectivity index (χ1) is 11.5. The monoisotopic (exact) mass is 327 g/mol. The van der Waals surface area contributed by atoms with E-state index in [1.54, 1.807) is 12.1 Å². The van der Waals surface area contributed by atoms with Gasteiger partial charge in [0.1, 0.15) is 0 Å². The number of aryl methyl sites for hydroxylation is 2. The van der Waals surface area contributed by atoms with Gasteiger partial charge in [-0.05, 0) is 44.9 Å². The summed E-state index contributed by atoms with van der Waals surface area (Å²) >= 11 is 0. The Balaban J connectivity index is 1.82. The van der Waals surface area contributed by atoms with Gasteiger partial charge in [0.25, 0.3) is 0 Å². The van der Waals surface area contributed by atoms with Crippen LogP contribution in [0.4, 0.5) is 5.69 Å². The minimum absolute atomic E-state index is 0.224. The summed E-state index contributed by atoms with van der Waals surface area (Å²) in [5, 5.41) is 12.2. The Morgan fingerprint density at radius 3 is 2.33 bits per heavy atom. The van der Waals surface area contributed by atoms with Crippen LogP contribution >= 0.6 is 0 Å². The van der Waals surface area contributed by atoms with Crippen molar-refractivity contribution in [2.24, 2.45) is 11.8 Å². The molecule has 1 heterocycles. The first-order valence-electron chi connectivity index (χ1n) is 8.24. The molecule has 2 unspecified atom stereocenters. The number of hydrogen-bond acceptors (Lipinski definition) is 4. The van der Waals surface area contributed by atoms with Gasteiger partial charge < -0.3 is 10.4 Å². The summed E-state index contributed by atoms with van der Waals surface area (Å²) in [5.41, 5.74) is 3.85. The fraction of sp³-hybridized carbons (Fsp3) is 0.444. The Labute approximate surface area is 140 Å². The number of rotatable bonds is 3. The number of aromatic nitrogens is 2. The SMILES string of the molecule is Cc1nc2ccc(NC(=O)C3CCCCC3C(=O)O)cc2nc1C. The lowest BCUT2D eigenvalue weighted by atomic mass is 9.78. The number of carboxylic acids is 1. The molecule has 24 heavy (non-hydrogen) atoms. The molecule has 126 valence electrons. The zero-order chi connectivity index (χ0) is 17.3. The lowest BCUT2D eigenvalue weighted by Crippen LogP contribution is -2.36. The van der Waals surface area contributed by atoms with E-state index in [1.807, 2.05) is 19.9 Å². The number of nitrogens with one attached hydrogen (secondary N) is 1. The van der Waals surface area contributed by atoms with Crippen LogP contribution in [0.5, 0.6) is 0 Å². The van der Waals surface area contributed by atoms with Crippen LogP contribution in [0.25, 0.3) is 11.0 Å². The summed E-state index contributed by atoms with van der Waals surface area (Å²) in [6.07, 6.45) is 2.94. The van der Waals surface area contributed by atoms with Gasteiger partial charge in [0, 0.05) is 5.69 Å². The molecule has 0 bridgehead atoms. The Hall–Kier alpha value is -2.50. The maximum atomic E-state index is 12.5. The van der Waals surface area contributed by atoms with Crippen LogP contribution in [-0.4, -0.2) is 27.0 Å². The number of benzene rings is 1. The van der Waals surface area contributed by atoms with Crippen molar-refractivity contribution in [3.63, 3.8) is 0 Å². The van der Waals surface area contributed by atoms with Crippen LogP contribution in [0, 0.1) is 25.7 Å². The molecular formula is C18H21N3O3. The minimum Gasteiger partial charge on any atom is -0.481 e. The van der Waals surface area contributed by atoms with Crippen LogP contribution in [-0.2, 0) is 9.59 Å². The molecule has 1 saturated carbocycles. The summed E-state index contributed by atoms with van der Waals surface area (Å²) in [5.74, 6) is -2.18. The van der Waals surface area contributed by atoms with Gasteiger partial charge in [0.15, 0.2) is 0 Å². The van der Waals surface area contributed by atoms with E-state index in [9.17, 15) is 14.7 Å². The van der Waals surface area contributed by atoms with Crippen molar-refractivity contribution < 1.29 is 14.7 Å². The van der Waals surface area contributed by atoms with E-state index < -0.39 is 17.8 Å². The highest BCUT2D eigenvalue weighted by atomic mass is 16.4. The first-order valence-corrected chi connectivity index (χ1v) is 8.24. The summed E-state index contributed by atoms with van der Waals surface area (Å²) < 4.78 is 0. The molecule has 3 rings (SSSR count). The van der Waals surface area contributed by atoms with Crippen molar-refractivity contribution in [2.45, 2.75) is 39.5 Å². The fourth-order valence-corrected chi connectivity index (χ4v) is 3.28. The minimum atomic E-state index is -0.884. The van der Waals surface area contributed by atoms with Gasteiger partial charge in [-0.2, -0.15) is 0 Å². The van der Waals surface area contributed by atoms with Crippen LogP contribution in [0.3, 0.4) is 0 Å². The van der Waals surface area contributed by atoms with Gasteiger partial charge in [0.05, 0.1) is 34.3 Å². The average Bonchev–Trinajstić information content (AvgIpc) is 2.56. The van der Waals surface area contributed by atoms with Crippen LogP contribution in [0.15, 0.2) is 18.2 Å². The number of fused-ring (bicyclic) bond motifs is 1. The Morgan fingerprint density at radius 2 is 1.67 bits per heavy atom. The molecule has 0 saturated heterocycles. The molecule has 6 heteroatoms. The molecular weight excluding hydrogens is 306 g/mol. The Morgan fingerprint density at radius 1 is 1.04 bits per heavy atom. The highest BCUT2D eigenvalue weighted by Crippen LogP contribution is 2.31. The van der Waals surface area contributed by atoms with Crippen molar-refractivity contribution in [2.75, 3.05) is 5.32 Å². The number of nitrogens with zero attached hydrogens (tertiary/aromatic N) is 2. The summed E-state index contributed by atoms with van der Waals surface area (Å²) in [6, 6.07) is 5.38. The Bertz CT molecular complexity index is 803. The lowest BCUT2D eigenvalue weighted by molar-refractivity contribution is -0.147. The zero-order valence-corrected chi connectivity index (χ0v) is 13.9. The van der Waals surface area contributed by atoms with Gasteiger partial charge in [-0.15, -0.1) is 0 Å². The van der Waals surface area contributed by atoms with E-state index in [0.29, 0.717) is 24.0 Å². The van der Waals surface area contributed by atoms with E-state index in [2.05, 4.69) is 15.3 Å². The highest BCUT2D eigenvalue weighted by molar-refractivity contribution is 5.96. The zero-order valence-electron chi connectivity index (χ0n) is 13.9. The lowest BCUT2D eigenvalue weighted by Gasteiger charge is -2.27. The number of carbonyl (C=O) groups excluding carboxylic acids is 1. The average molecular weight is 327 g/mol. The van der Waals surface area contributed by atoms with E-state index in [1.165, 1.54) is 0 Å². The van der Waals surface area contributed by atoms with Gasteiger partial charge in [0.2, 0.25) is 5.91 Å². The predicted molar refractivity (Wildman–Crippen MR) is 90.7 cm³/mol. The van der Waals surface area contributed by atoms with Crippen LogP contribution in [0.2, 0.25) is 0 Å². The number of amides is 1. The Kier molecular flexibility index (Phi) is 4.46. The number of carbonyl (C=O) groups is 2. The second kappa shape index (κ2) is 6.55. The fourth-order valence-electron chi connectivity index (χ4n) is 3.28. The molecule has 1 aromatic carbocycles. The maximum Gasteiger partial charge on any atom is 0.307 e. The summed E-state index contributed by atoms with van der Waals surface area (Å²) in [6.45, 7) is 3.80. The van der Waals surface area contributed by atoms with Crippen LogP contribution in [0.1, 0.15) is 37.1 Å². The number of anilines is 1. The maximum absolute atomic E-state index is 12.5. The topological polar surface area (TPSA) is 92.2 Å². The summed E-state index contributed by atoms with van der Waals surface area (Å²) in [7, 11) is 0. The molecule has 1 fully saturated rings.